The Morgan fingerprint density at radius 1 is 1.05 bits per heavy atom. The fraction of sp³-hybridized carbons (Fsp3) is 0.611. The molecule has 120 valence electrons. The zero-order valence-electron chi connectivity index (χ0n) is 13.3. The second-order valence-corrected chi connectivity index (χ2v) is 6.85. The number of carbonyl (C=O) groups excluding carboxylic acids is 1. The van der Waals surface area contributed by atoms with Crippen LogP contribution in [0.2, 0.25) is 0 Å². The summed E-state index contributed by atoms with van der Waals surface area (Å²) in [5.74, 6) is -0.0128. The number of carbonyl (C=O) groups is 1. The number of nitrogens with two attached hydrogens (primary N) is 1. The number of likely N-dealkylation sites (tertiary alicyclic amines) is 1. The maximum Gasteiger partial charge on any atom is 0.240 e. The molecular weight excluding hydrogens is 274 g/mol. The van der Waals surface area contributed by atoms with E-state index in [0.717, 1.165) is 24.9 Å². The zero-order valence-corrected chi connectivity index (χ0v) is 13.3. The van der Waals surface area contributed by atoms with Crippen LogP contribution >= 0.6 is 0 Å². The van der Waals surface area contributed by atoms with E-state index in [1.54, 1.807) is 0 Å². The lowest BCUT2D eigenvalue weighted by Crippen LogP contribution is -2.42. The molecule has 3 rings (SSSR count). The molecule has 1 aliphatic carbocycles. The van der Waals surface area contributed by atoms with Gasteiger partial charge in [0.2, 0.25) is 5.91 Å². The predicted molar refractivity (Wildman–Crippen MR) is 88.2 cm³/mol. The van der Waals surface area contributed by atoms with Crippen LogP contribution in [0, 0.1) is 0 Å². The van der Waals surface area contributed by atoms with Gasteiger partial charge in [-0.2, -0.15) is 0 Å². The third-order valence-corrected chi connectivity index (χ3v) is 4.82. The minimum Gasteiger partial charge on any atom is -0.350 e. The third-order valence-electron chi connectivity index (χ3n) is 4.82. The number of hydrogen-bond acceptors (Lipinski definition) is 3. The first-order chi connectivity index (χ1) is 10.7. The van der Waals surface area contributed by atoms with Crippen LogP contribution in [0.15, 0.2) is 24.3 Å². The Kier molecular flexibility index (Phi) is 4.79. The van der Waals surface area contributed by atoms with Crippen molar-refractivity contribution in [1.82, 2.24) is 10.2 Å². The standard InChI is InChI=1S/C18H27N3O/c19-18(9-10-18)17(22)20-13-15-5-7-16(8-6-15)14-21-11-3-1-2-4-12-21/h5-8H,1-4,9-14,19H2,(H,20,22). The highest BCUT2D eigenvalue weighted by molar-refractivity contribution is 5.88. The summed E-state index contributed by atoms with van der Waals surface area (Å²) in [5.41, 5.74) is 7.79. The Hall–Kier alpha value is -1.39. The molecule has 22 heavy (non-hydrogen) atoms. The van der Waals surface area contributed by atoms with Crippen molar-refractivity contribution >= 4 is 5.91 Å². The van der Waals surface area contributed by atoms with Gasteiger partial charge in [0.15, 0.2) is 0 Å². The van der Waals surface area contributed by atoms with Crippen LogP contribution in [0.3, 0.4) is 0 Å². The summed E-state index contributed by atoms with van der Waals surface area (Å²) >= 11 is 0. The molecule has 1 saturated carbocycles. The van der Waals surface area contributed by atoms with E-state index in [4.69, 9.17) is 5.73 Å². The smallest absolute Gasteiger partial charge is 0.240 e. The second kappa shape index (κ2) is 6.80. The molecule has 1 aliphatic heterocycles. The molecule has 0 atom stereocenters. The predicted octanol–water partition coefficient (Wildman–Crippen LogP) is 2.17. The molecule has 0 bridgehead atoms. The Morgan fingerprint density at radius 3 is 2.23 bits per heavy atom. The lowest BCUT2D eigenvalue weighted by molar-refractivity contribution is -0.123. The summed E-state index contributed by atoms with van der Waals surface area (Å²) in [4.78, 5) is 14.4. The molecule has 0 radical (unpaired) electrons. The minimum absolute atomic E-state index is 0.0128. The Morgan fingerprint density at radius 2 is 1.64 bits per heavy atom. The van der Waals surface area contributed by atoms with Crippen LogP contribution in [0.1, 0.15) is 49.7 Å². The van der Waals surface area contributed by atoms with E-state index in [1.807, 2.05) is 0 Å². The van der Waals surface area contributed by atoms with Crippen LogP contribution in [0.5, 0.6) is 0 Å². The largest absolute Gasteiger partial charge is 0.350 e. The summed E-state index contributed by atoms with van der Waals surface area (Å²) in [5, 5.41) is 2.94. The maximum absolute atomic E-state index is 11.8. The lowest BCUT2D eigenvalue weighted by atomic mass is 10.1. The summed E-state index contributed by atoms with van der Waals surface area (Å²) in [6.45, 7) is 4.05. The first-order valence-corrected chi connectivity index (χ1v) is 8.53. The number of nitrogens with one attached hydrogen (secondary N) is 1. The number of amides is 1. The van der Waals surface area contributed by atoms with Gasteiger partial charge in [-0.15, -0.1) is 0 Å². The fourth-order valence-electron chi connectivity index (χ4n) is 3.04. The molecule has 2 aliphatic rings. The first-order valence-electron chi connectivity index (χ1n) is 8.53. The van der Waals surface area contributed by atoms with Gasteiger partial charge in [-0.1, -0.05) is 37.1 Å². The van der Waals surface area contributed by atoms with E-state index in [0.29, 0.717) is 6.54 Å². The maximum atomic E-state index is 11.8. The molecular formula is C18H27N3O. The number of nitrogens with zero attached hydrogens (tertiary/aromatic N) is 1. The number of benzene rings is 1. The second-order valence-electron chi connectivity index (χ2n) is 6.85. The van der Waals surface area contributed by atoms with Crippen LogP contribution < -0.4 is 11.1 Å². The normalized spacial score (nSPS) is 21.1. The average Bonchev–Trinajstić information content (AvgIpc) is 3.31. The van der Waals surface area contributed by atoms with Crippen molar-refractivity contribution in [3.63, 3.8) is 0 Å². The van der Waals surface area contributed by atoms with E-state index in [9.17, 15) is 4.79 Å². The molecule has 1 saturated heterocycles. The van der Waals surface area contributed by atoms with Gasteiger partial charge < -0.3 is 11.1 Å². The van der Waals surface area contributed by atoms with Crippen molar-refractivity contribution < 1.29 is 4.79 Å². The van der Waals surface area contributed by atoms with Gasteiger partial charge in [0.25, 0.3) is 0 Å². The minimum atomic E-state index is -0.577. The number of rotatable bonds is 5. The van der Waals surface area contributed by atoms with Gasteiger partial charge in [-0.3, -0.25) is 9.69 Å². The first kappa shape index (κ1) is 15.5. The van der Waals surface area contributed by atoms with Gasteiger partial charge in [0.05, 0.1) is 5.54 Å². The van der Waals surface area contributed by atoms with Crippen LogP contribution in [0.4, 0.5) is 0 Å². The molecule has 2 fully saturated rings. The molecule has 0 spiro atoms. The van der Waals surface area contributed by atoms with E-state index >= 15 is 0 Å². The highest BCUT2D eigenvalue weighted by Crippen LogP contribution is 2.32. The van der Waals surface area contributed by atoms with E-state index < -0.39 is 5.54 Å². The summed E-state index contributed by atoms with van der Waals surface area (Å²) in [6, 6.07) is 8.59. The molecule has 1 aromatic rings. The van der Waals surface area contributed by atoms with Gasteiger partial charge in [-0.05, 0) is 49.9 Å². The van der Waals surface area contributed by atoms with Gasteiger partial charge in [0.1, 0.15) is 0 Å². The quantitative estimate of drug-likeness (QED) is 0.876. The van der Waals surface area contributed by atoms with Gasteiger partial charge in [-0.25, -0.2) is 0 Å². The van der Waals surface area contributed by atoms with Crippen molar-refractivity contribution in [2.45, 2.75) is 57.2 Å². The Balaban J connectivity index is 1.48. The van der Waals surface area contributed by atoms with Gasteiger partial charge >= 0.3 is 0 Å². The van der Waals surface area contributed by atoms with Crippen LogP contribution in [0.25, 0.3) is 0 Å². The molecule has 0 aromatic heterocycles. The SMILES string of the molecule is NC1(C(=O)NCc2ccc(CN3CCCCCC3)cc2)CC1. The molecule has 1 amide bonds. The van der Waals surface area contributed by atoms with E-state index in [2.05, 4.69) is 34.5 Å². The number of hydrogen-bond donors (Lipinski definition) is 2. The third kappa shape index (κ3) is 4.08. The summed E-state index contributed by atoms with van der Waals surface area (Å²) in [7, 11) is 0. The molecule has 4 heteroatoms. The van der Waals surface area contributed by atoms with E-state index in [-0.39, 0.29) is 5.91 Å². The van der Waals surface area contributed by atoms with Gasteiger partial charge in [0, 0.05) is 13.1 Å². The van der Waals surface area contributed by atoms with Crippen molar-refractivity contribution in [2.24, 2.45) is 5.73 Å². The molecule has 1 aromatic carbocycles. The van der Waals surface area contributed by atoms with Crippen molar-refractivity contribution in [1.29, 1.82) is 0 Å². The summed E-state index contributed by atoms with van der Waals surface area (Å²) in [6.07, 6.45) is 7.02. The lowest BCUT2D eigenvalue weighted by Gasteiger charge is -2.19. The molecule has 3 N–H and O–H groups in total. The van der Waals surface area contributed by atoms with Crippen molar-refractivity contribution in [3.8, 4) is 0 Å². The highest BCUT2D eigenvalue weighted by atomic mass is 16.2. The zero-order chi connectivity index (χ0) is 15.4. The monoisotopic (exact) mass is 301 g/mol. The van der Waals surface area contributed by atoms with Crippen LogP contribution in [-0.2, 0) is 17.9 Å². The van der Waals surface area contributed by atoms with E-state index in [1.165, 1.54) is 44.3 Å². The Bertz CT molecular complexity index is 500. The van der Waals surface area contributed by atoms with Crippen molar-refractivity contribution in [2.75, 3.05) is 13.1 Å². The molecule has 1 heterocycles. The highest BCUT2D eigenvalue weighted by Gasteiger charge is 2.45. The average molecular weight is 301 g/mol. The topological polar surface area (TPSA) is 58.4 Å². The van der Waals surface area contributed by atoms with Crippen molar-refractivity contribution in [3.05, 3.63) is 35.4 Å². The van der Waals surface area contributed by atoms with Crippen LogP contribution in [-0.4, -0.2) is 29.4 Å². The molecule has 0 unspecified atom stereocenters. The fourth-order valence-corrected chi connectivity index (χ4v) is 3.04. The Labute approximate surface area is 133 Å². The summed E-state index contributed by atoms with van der Waals surface area (Å²) < 4.78 is 0. The molecule has 4 nitrogen and oxygen atoms in total.